The van der Waals surface area contributed by atoms with Crippen molar-refractivity contribution >= 4 is 5.91 Å². The Morgan fingerprint density at radius 2 is 2.07 bits per heavy atom. The molecule has 1 rings (SSSR count). The Hall–Kier alpha value is -1.31. The Morgan fingerprint density at radius 3 is 2.57 bits per heavy atom. The zero-order valence-electron chi connectivity index (χ0n) is 9.22. The van der Waals surface area contributed by atoms with E-state index < -0.39 is 0 Å². The van der Waals surface area contributed by atoms with E-state index in [0.717, 1.165) is 23.1 Å². The van der Waals surface area contributed by atoms with Crippen molar-refractivity contribution in [1.82, 2.24) is 4.90 Å². The van der Waals surface area contributed by atoms with Crippen molar-refractivity contribution in [1.29, 1.82) is 0 Å². The molecule has 0 fully saturated rings. The zero-order valence-corrected chi connectivity index (χ0v) is 9.22. The van der Waals surface area contributed by atoms with Gasteiger partial charge in [0.15, 0.2) is 0 Å². The lowest BCUT2D eigenvalue weighted by molar-refractivity contribution is 0.0827. The summed E-state index contributed by atoms with van der Waals surface area (Å²) in [5, 5.41) is 0. The number of carbonyl (C=O) groups is 1. The largest absolute Gasteiger partial charge is 0.345 e. The van der Waals surface area contributed by atoms with Crippen molar-refractivity contribution in [3.63, 3.8) is 0 Å². The van der Waals surface area contributed by atoms with E-state index in [0.29, 0.717) is 0 Å². The number of amides is 1. The molecule has 0 saturated heterocycles. The van der Waals surface area contributed by atoms with Gasteiger partial charge in [-0.05, 0) is 42.7 Å². The summed E-state index contributed by atoms with van der Waals surface area (Å²) in [6.45, 7) is 4.03. The van der Waals surface area contributed by atoms with Crippen LogP contribution < -0.4 is 0 Å². The summed E-state index contributed by atoms with van der Waals surface area (Å²) >= 11 is 0. The van der Waals surface area contributed by atoms with Crippen molar-refractivity contribution < 1.29 is 4.79 Å². The van der Waals surface area contributed by atoms with Gasteiger partial charge in [0.1, 0.15) is 0 Å². The molecule has 1 radical (unpaired) electrons. The highest BCUT2D eigenvalue weighted by Crippen LogP contribution is 2.10. The van der Waals surface area contributed by atoms with Gasteiger partial charge in [-0.15, -0.1) is 0 Å². The van der Waals surface area contributed by atoms with Gasteiger partial charge in [0, 0.05) is 19.7 Å². The summed E-state index contributed by atoms with van der Waals surface area (Å²) < 4.78 is 0. The van der Waals surface area contributed by atoms with E-state index in [2.05, 4.69) is 13.0 Å². The number of rotatable bonds is 2. The van der Waals surface area contributed by atoms with Gasteiger partial charge in [0.25, 0.3) is 5.91 Å². The quantitative estimate of drug-likeness (QED) is 0.699. The molecule has 1 amide bonds. The van der Waals surface area contributed by atoms with Crippen LogP contribution in [0.15, 0.2) is 12.1 Å². The van der Waals surface area contributed by atoms with Gasteiger partial charge in [0.2, 0.25) is 0 Å². The number of carbonyl (C=O) groups excluding carboxylic acids is 1. The first-order valence-corrected chi connectivity index (χ1v) is 4.79. The molecule has 0 atom stereocenters. The van der Waals surface area contributed by atoms with Gasteiger partial charge >= 0.3 is 0 Å². The average molecular weight is 190 g/mol. The highest BCUT2D eigenvalue weighted by molar-refractivity contribution is 5.94. The lowest BCUT2D eigenvalue weighted by Gasteiger charge is -2.11. The van der Waals surface area contributed by atoms with Crippen LogP contribution in [0.1, 0.15) is 28.4 Å². The molecule has 2 nitrogen and oxygen atoms in total. The molecule has 0 unspecified atom stereocenters. The maximum absolute atomic E-state index is 11.7. The third-order valence-electron chi connectivity index (χ3n) is 2.09. The molecule has 0 aliphatic rings. The third kappa shape index (κ3) is 2.34. The first-order valence-electron chi connectivity index (χ1n) is 4.79. The van der Waals surface area contributed by atoms with Crippen molar-refractivity contribution in [2.45, 2.75) is 20.3 Å². The van der Waals surface area contributed by atoms with Crippen LogP contribution in [-0.4, -0.2) is 24.9 Å². The fourth-order valence-corrected chi connectivity index (χ4v) is 1.36. The van der Waals surface area contributed by atoms with E-state index in [1.807, 2.05) is 19.1 Å². The lowest BCUT2D eigenvalue weighted by atomic mass is 10.0. The molecule has 0 aliphatic heterocycles. The van der Waals surface area contributed by atoms with Crippen molar-refractivity contribution in [3.8, 4) is 0 Å². The van der Waals surface area contributed by atoms with Crippen LogP contribution in [0, 0.1) is 13.0 Å². The van der Waals surface area contributed by atoms with Gasteiger partial charge in [-0.3, -0.25) is 4.79 Å². The minimum Gasteiger partial charge on any atom is -0.345 e. The Morgan fingerprint density at radius 1 is 1.43 bits per heavy atom. The van der Waals surface area contributed by atoms with Gasteiger partial charge in [0.05, 0.1) is 0 Å². The van der Waals surface area contributed by atoms with Crippen LogP contribution in [0.5, 0.6) is 0 Å². The van der Waals surface area contributed by atoms with Crippen LogP contribution in [-0.2, 0) is 6.42 Å². The third-order valence-corrected chi connectivity index (χ3v) is 2.09. The number of benzene rings is 1. The summed E-state index contributed by atoms with van der Waals surface area (Å²) in [6, 6.07) is 7.01. The molecule has 0 spiro atoms. The SMILES string of the molecule is CCc1[c]c(C)cc(C(=O)N(C)C)c1. The van der Waals surface area contributed by atoms with Gasteiger partial charge in [-0.25, -0.2) is 0 Å². The molecule has 1 aromatic rings. The maximum atomic E-state index is 11.7. The van der Waals surface area contributed by atoms with Crippen molar-refractivity contribution in [2.24, 2.45) is 0 Å². The highest BCUT2D eigenvalue weighted by atomic mass is 16.2. The van der Waals surface area contributed by atoms with Gasteiger partial charge < -0.3 is 4.90 Å². The van der Waals surface area contributed by atoms with Crippen LogP contribution in [0.2, 0.25) is 0 Å². The van der Waals surface area contributed by atoms with E-state index >= 15 is 0 Å². The average Bonchev–Trinajstić information content (AvgIpc) is 2.15. The minimum atomic E-state index is 0.0526. The molecule has 0 aromatic heterocycles. The normalized spacial score (nSPS) is 10.0. The number of hydrogen-bond acceptors (Lipinski definition) is 1. The Kier molecular flexibility index (Phi) is 3.28. The van der Waals surface area contributed by atoms with Crippen LogP contribution in [0.3, 0.4) is 0 Å². The Labute approximate surface area is 85.5 Å². The number of hydrogen-bond donors (Lipinski definition) is 0. The number of aryl methyl sites for hydroxylation is 2. The molecule has 14 heavy (non-hydrogen) atoms. The van der Waals surface area contributed by atoms with Crippen molar-refractivity contribution in [2.75, 3.05) is 14.1 Å². The first kappa shape index (κ1) is 10.8. The number of nitrogens with zero attached hydrogens (tertiary/aromatic N) is 1. The van der Waals surface area contributed by atoms with Crippen LogP contribution in [0.4, 0.5) is 0 Å². The monoisotopic (exact) mass is 190 g/mol. The Bertz CT molecular complexity index is 342. The summed E-state index contributed by atoms with van der Waals surface area (Å²) in [7, 11) is 3.53. The van der Waals surface area contributed by atoms with E-state index in [1.165, 1.54) is 0 Å². The summed E-state index contributed by atoms with van der Waals surface area (Å²) in [6.07, 6.45) is 0.912. The van der Waals surface area contributed by atoms with E-state index in [1.54, 1.807) is 19.0 Å². The predicted octanol–water partition coefficient (Wildman–Crippen LogP) is 2.06. The fourth-order valence-electron chi connectivity index (χ4n) is 1.36. The summed E-state index contributed by atoms with van der Waals surface area (Å²) in [5.41, 5.74) is 2.87. The molecule has 1 aromatic carbocycles. The van der Waals surface area contributed by atoms with Crippen LogP contribution >= 0.6 is 0 Å². The zero-order chi connectivity index (χ0) is 10.7. The molecule has 2 heteroatoms. The minimum absolute atomic E-state index is 0.0526. The highest BCUT2D eigenvalue weighted by Gasteiger charge is 2.08. The summed E-state index contributed by atoms with van der Waals surface area (Å²) in [5.74, 6) is 0.0526. The predicted molar refractivity (Wildman–Crippen MR) is 57.4 cm³/mol. The molecular formula is C12H16NO. The van der Waals surface area contributed by atoms with Gasteiger partial charge in [-0.1, -0.05) is 6.92 Å². The molecule has 0 heterocycles. The molecule has 0 saturated carbocycles. The second kappa shape index (κ2) is 4.27. The molecule has 0 N–H and O–H groups in total. The van der Waals surface area contributed by atoms with Gasteiger partial charge in [-0.2, -0.15) is 0 Å². The van der Waals surface area contributed by atoms with E-state index in [9.17, 15) is 4.79 Å². The van der Waals surface area contributed by atoms with E-state index in [-0.39, 0.29) is 5.91 Å². The standard InChI is InChI=1S/C12H16NO/c1-5-10-6-9(2)7-11(8-10)12(14)13(3)4/h7-8H,5H2,1-4H3. The second-order valence-electron chi connectivity index (χ2n) is 3.63. The van der Waals surface area contributed by atoms with Crippen LogP contribution in [0.25, 0.3) is 0 Å². The fraction of sp³-hybridized carbons (Fsp3) is 0.417. The topological polar surface area (TPSA) is 20.3 Å². The maximum Gasteiger partial charge on any atom is 0.253 e. The van der Waals surface area contributed by atoms with Crippen molar-refractivity contribution in [3.05, 3.63) is 34.9 Å². The first-order chi connectivity index (χ1) is 6.54. The Balaban J connectivity index is 3.09. The molecule has 75 valence electrons. The van der Waals surface area contributed by atoms with E-state index in [4.69, 9.17) is 0 Å². The molecular weight excluding hydrogens is 174 g/mol. The smallest absolute Gasteiger partial charge is 0.253 e. The summed E-state index contributed by atoms with van der Waals surface area (Å²) in [4.78, 5) is 13.3. The second-order valence-corrected chi connectivity index (χ2v) is 3.63. The lowest BCUT2D eigenvalue weighted by Crippen LogP contribution is -2.21. The molecule has 0 aliphatic carbocycles. The molecule has 0 bridgehead atoms.